The predicted octanol–water partition coefficient (Wildman–Crippen LogP) is 3.07. The first-order chi connectivity index (χ1) is 10.8. The van der Waals surface area contributed by atoms with Crippen molar-refractivity contribution in [3.8, 4) is 0 Å². The monoisotopic (exact) mass is 304 g/mol. The summed E-state index contributed by atoms with van der Waals surface area (Å²) in [4.78, 5) is 11.8. The van der Waals surface area contributed by atoms with Crippen LogP contribution in [0.25, 0.3) is 0 Å². The van der Waals surface area contributed by atoms with Crippen molar-refractivity contribution in [3.05, 3.63) is 29.8 Å². The summed E-state index contributed by atoms with van der Waals surface area (Å²) in [5, 5.41) is 15.1. The third kappa shape index (κ3) is 6.06. The van der Waals surface area contributed by atoms with E-state index in [2.05, 4.69) is 10.6 Å². The van der Waals surface area contributed by atoms with Crippen molar-refractivity contribution in [3.63, 3.8) is 0 Å². The number of carbonyl (C=O) groups excluding carboxylic acids is 1. The van der Waals surface area contributed by atoms with E-state index in [1.807, 2.05) is 24.3 Å². The molecule has 0 aliphatic heterocycles. The first kappa shape index (κ1) is 16.8. The van der Waals surface area contributed by atoms with E-state index >= 15 is 0 Å². The number of aliphatic hydroxyl groups excluding tert-OH is 1. The molecule has 0 spiro atoms. The average Bonchev–Trinajstić information content (AvgIpc) is 2.58. The maximum Gasteiger partial charge on any atom is 0.239 e. The lowest BCUT2D eigenvalue weighted by atomic mass is 9.86. The second kappa shape index (κ2) is 9.46. The number of hydrogen-bond donors (Lipinski definition) is 3. The molecule has 4 heteroatoms. The van der Waals surface area contributed by atoms with Crippen molar-refractivity contribution in [2.45, 2.75) is 51.6 Å². The van der Waals surface area contributed by atoms with Crippen molar-refractivity contribution < 1.29 is 9.90 Å². The van der Waals surface area contributed by atoms with Crippen LogP contribution in [-0.2, 0) is 11.4 Å². The van der Waals surface area contributed by atoms with Gasteiger partial charge in [0.05, 0.1) is 13.2 Å². The van der Waals surface area contributed by atoms with Crippen LogP contribution in [0.15, 0.2) is 24.3 Å². The summed E-state index contributed by atoms with van der Waals surface area (Å²) in [7, 11) is 0. The lowest BCUT2D eigenvalue weighted by Crippen LogP contribution is -2.30. The first-order valence-corrected chi connectivity index (χ1v) is 8.48. The van der Waals surface area contributed by atoms with Crippen molar-refractivity contribution in [1.29, 1.82) is 0 Å². The number of amides is 1. The minimum Gasteiger partial charge on any atom is -0.392 e. The van der Waals surface area contributed by atoms with Gasteiger partial charge in [-0.3, -0.25) is 4.79 Å². The summed E-state index contributed by atoms with van der Waals surface area (Å²) in [5.74, 6) is 0.906. The smallest absolute Gasteiger partial charge is 0.239 e. The van der Waals surface area contributed by atoms with Gasteiger partial charge in [-0.15, -0.1) is 0 Å². The highest BCUT2D eigenvalue weighted by atomic mass is 16.3. The normalized spacial score (nSPS) is 15.5. The van der Waals surface area contributed by atoms with Crippen LogP contribution in [0.3, 0.4) is 0 Å². The zero-order valence-corrected chi connectivity index (χ0v) is 13.3. The number of carbonyl (C=O) groups is 1. The Morgan fingerprint density at radius 2 is 2.05 bits per heavy atom. The molecule has 1 fully saturated rings. The Bertz CT molecular complexity index is 456. The maximum atomic E-state index is 11.8. The molecule has 22 heavy (non-hydrogen) atoms. The molecule has 0 bridgehead atoms. The molecule has 1 amide bonds. The fourth-order valence-corrected chi connectivity index (χ4v) is 3.12. The Hall–Kier alpha value is -1.55. The lowest BCUT2D eigenvalue weighted by Gasteiger charge is -2.21. The van der Waals surface area contributed by atoms with Crippen molar-refractivity contribution in [2.24, 2.45) is 5.92 Å². The van der Waals surface area contributed by atoms with Crippen LogP contribution in [0, 0.1) is 5.92 Å². The SMILES string of the molecule is O=C(CNc1cccc(CO)c1)NCCCC1CCCCC1. The lowest BCUT2D eigenvalue weighted by molar-refractivity contribution is -0.119. The third-order valence-electron chi connectivity index (χ3n) is 4.40. The molecule has 1 aromatic rings. The molecule has 1 aromatic carbocycles. The van der Waals surface area contributed by atoms with Gasteiger partial charge in [0, 0.05) is 12.2 Å². The predicted molar refractivity (Wildman–Crippen MR) is 89.7 cm³/mol. The molecule has 0 heterocycles. The van der Waals surface area contributed by atoms with Gasteiger partial charge in [0.15, 0.2) is 0 Å². The van der Waals surface area contributed by atoms with E-state index in [0.717, 1.165) is 30.1 Å². The fourth-order valence-electron chi connectivity index (χ4n) is 3.12. The summed E-state index contributed by atoms with van der Waals surface area (Å²) < 4.78 is 0. The molecule has 0 unspecified atom stereocenters. The van der Waals surface area contributed by atoms with Crippen LogP contribution in [-0.4, -0.2) is 24.1 Å². The first-order valence-electron chi connectivity index (χ1n) is 8.48. The molecule has 2 rings (SSSR count). The van der Waals surface area contributed by atoms with Gasteiger partial charge in [0.1, 0.15) is 0 Å². The molecule has 1 aliphatic rings. The standard InChI is InChI=1S/C18H28N2O2/c21-14-16-8-4-10-17(12-16)20-13-18(22)19-11-5-9-15-6-2-1-3-7-15/h4,8,10,12,15,20-21H,1-3,5-7,9,11,13-14H2,(H,19,22). The number of aliphatic hydroxyl groups is 1. The Kier molecular flexibility index (Phi) is 7.23. The number of anilines is 1. The molecule has 0 radical (unpaired) electrons. The topological polar surface area (TPSA) is 61.4 Å². The van der Waals surface area contributed by atoms with Gasteiger partial charge in [-0.05, 0) is 36.5 Å². The third-order valence-corrected chi connectivity index (χ3v) is 4.40. The van der Waals surface area contributed by atoms with E-state index in [9.17, 15) is 4.79 Å². The van der Waals surface area contributed by atoms with E-state index in [4.69, 9.17) is 5.11 Å². The second-order valence-corrected chi connectivity index (χ2v) is 6.21. The Labute approximate surface area is 133 Å². The molecule has 4 nitrogen and oxygen atoms in total. The van der Waals surface area contributed by atoms with E-state index in [1.165, 1.54) is 38.5 Å². The van der Waals surface area contributed by atoms with E-state index in [1.54, 1.807) is 0 Å². The fraction of sp³-hybridized carbons (Fsp3) is 0.611. The Morgan fingerprint density at radius 1 is 1.23 bits per heavy atom. The Morgan fingerprint density at radius 3 is 2.82 bits per heavy atom. The molecule has 0 saturated heterocycles. The summed E-state index contributed by atoms with van der Waals surface area (Å²) in [5.41, 5.74) is 1.71. The zero-order chi connectivity index (χ0) is 15.6. The molecule has 3 N–H and O–H groups in total. The highest BCUT2D eigenvalue weighted by Gasteiger charge is 2.12. The summed E-state index contributed by atoms with van der Waals surface area (Å²) in [6.07, 6.45) is 9.23. The van der Waals surface area contributed by atoms with E-state index in [0.29, 0.717) is 0 Å². The van der Waals surface area contributed by atoms with Gasteiger partial charge in [-0.2, -0.15) is 0 Å². The number of benzene rings is 1. The zero-order valence-electron chi connectivity index (χ0n) is 13.3. The van der Waals surface area contributed by atoms with Crippen LogP contribution in [0.1, 0.15) is 50.5 Å². The minimum atomic E-state index is 0.0167. The van der Waals surface area contributed by atoms with Crippen LogP contribution in [0.2, 0.25) is 0 Å². The average molecular weight is 304 g/mol. The number of nitrogens with one attached hydrogen (secondary N) is 2. The summed E-state index contributed by atoms with van der Waals surface area (Å²) >= 11 is 0. The molecule has 1 aliphatic carbocycles. The summed E-state index contributed by atoms with van der Waals surface area (Å²) in [6.45, 7) is 1.06. The second-order valence-electron chi connectivity index (χ2n) is 6.21. The highest BCUT2D eigenvalue weighted by molar-refractivity contribution is 5.80. The molecular formula is C18H28N2O2. The van der Waals surface area contributed by atoms with Crippen molar-refractivity contribution in [2.75, 3.05) is 18.4 Å². The number of rotatable bonds is 8. The largest absolute Gasteiger partial charge is 0.392 e. The number of hydrogen-bond acceptors (Lipinski definition) is 3. The van der Waals surface area contributed by atoms with Crippen molar-refractivity contribution >= 4 is 11.6 Å². The molecular weight excluding hydrogens is 276 g/mol. The Balaban J connectivity index is 1.57. The van der Waals surface area contributed by atoms with Crippen LogP contribution >= 0.6 is 0 Å². The minimum absolute atomic E-state index is 0.0167. The highest BCUT2D eigenvalue weighted by Crippen LogP contribution is 2.26. The van der Waals surface area contributed by atoms with Crippen LogP contribution < -0.4 is 10.6 Å². The van der Waals surface area contributed by atoms with Crippen LogP contribution in [0.5, 0.6) is 0 Å². The van der Waals surface area contributed by atoms with Gasteiger partial charge < -0.3 is 15.7 Å². The van der Waals surface area contributed by atoms with E-state index < -0.39 is 0 Å². The van der Waals surface area contributed by atoms with E-state index in [-0.39, 0.29) is 19.1 Å². The molecule has 0 atom stereocenters. The van der Waals surface area contributed by atoms with Gasteiger partial charge in [0.25, 0.3) is 0 Å². The molecule has 1 saturated carbocycles. The van der Waals surface area contributed by atoms with Crippen molar-refractivity contribution in [1.82, 2.24) is 5.32 Å². The molecule has 0 aromatic heterocycles. The van der Waals surface area contributed by atoms with Crippen LogP contribution in [0.4, 0.5) is 5.69 Å². The maximum absolute atomic E-state index is 11.8. The summed E-state index contributed by atoms with van der Waals surface area (Å²) in [6, 6.07) is 7.48. The van der Waals surface area contributed by atoms with Gasteiger partial charge >= 0.3 is 0 Å². The van der Waals surface area contributed by atoms with Gasteiger partial charge in [-0.1, -0.05) is 44.2 Å². The quantitative estimate of drug-likeness (QED) is 0.647. The van der Waals surface area contributed by atoms with Gasteiger partial charge in [0.2, 0.25) is 5.91 Å². The molecule has 122 valence electrons. The van der Waals surface area contributed by atoms with Gasteiger partial charge in [-0.25, -0.2) is 0 Å².